The zero-order valence-electron chi connectivity index (χ0n) is 12.6. The third kappa shape index (κ3) is 24.8. The van der Waals surface area contributed by atoms with Crippen LogP contribution in [0, 0.1) is 33.3 Å². The Bertz CT molecular complexity index is 494. The molecule has 1 aromatic carbocycles. The zero-order valence-corrected chi connectivity index (χ0v) is 13.9. The third-order valence-corrected chi connectivity index (χ3v) is 2.04. The van der Waals surface area contributed by atoms with Gasteiger partial charge in [-0.25, -0.2) is 0 Å². The molecule has 0 aromatic heterocycles. The minimum absolute atomic E-state index is 0.640. The molecule has 0 saturated carbocycles. The fourth-order valence-corrected chi connectivity index (χ4v) is 1.41. The first-order chi connectivity index (χ1) is 11.7. The molecular formula is C16H13CrNO6. The molecule has 0 fully saturated rings. The fourth-order valence-electron chi connectivity index (χ4n) is 1.02. The van der Waals surface area contributed by atoms with Gasteiger partial charge in [0.05, 0.1) is 0 Å². The van der Waals surface area contributed by atoms with E-state index in [4.69, 9.17) is 33.7 Å². The molecule has 0 aliphatic heterocycles. The normalized spacial score (nSPS) is 7.04. The van der Waals surface area contributed by atoms with Gasteiger partial charge in [0.2, 0.25) is 0 Å². The molecule has 0 atom stereocenters. The Hall–Kier alpha value is -2.18. The van der Waals surface area contributed by atoms with Crippen LogP contribution in [0.25, 0.3) is 5.70 Å². The van der Waals surface area contributed by atoms with Crippen LogP contribution in [0.15, 0.2) is 36.4 Å². The Labute approximate surface area is 149 Å². The number of hydrogen-bond acceptors (Lipinski definition) is 2. The Kier molecular flexibility index (Phi) is 51.9. The second kappa shape index (κ2) is 37.2. The van der Waals surface area contributed by atoms with Crippen molar-refractivity contribution < 1.29 is 43.8 Å². The van der Waals surface area contributed by atoms with Crippen molar-refractivity contribution in [3.8, 4) is 0 Å². The predicted molar refractivity (Wildman–Crippen MR) is 74.9 cm³/mol. The maximum atomic E-state index is 7.50. The summed E-state index contributed by atoms with van der Waals surface area (Å²) in [5.41, 5.74) is 7.57. The Balaban J connectivity index is -0.000000103. The van der Waals surface area contributed by atoms with Crippen molar-refractivity contribution in [2.75, 3.05) is 6.61 Å². The molecule has 0 amide bonds. The van der Waals surface area contributed by atoms with Crippen LogP contribution in [-0.2, 0) is 43.8 Å². The van der Waals surface area contributed by atoms with E-state index in [2.05, 4.69) is 49.1 Å². The summed E-state index contributed by atoms with van der Waals surface area (Å²) in [5, 5.41) is 0. The Morgan fingerprint density at radius 2 is 1.33 bits per heavy atom. The van der Waals surface area contributed by atoms with Crippen molar-refractivity contribution in [1.29, 1.82) is 0 Å². The van der Waals surface area contributed by atoms with Crippen LogP contribution in [0.2, 0.25) is 0 Å². The molecular weight excluding hydrogens is 354 g/mol. The Morgan fingerprint density at radius 3 is 1.67 bits per heavy atom. The van der Waals surface area contributed by atoms with E-state index in [0.717, 1.165) is 5.56 Å². The molecule has 0 heterocycles. The molecule has 2 N–H and O–H groups in total. The first-order valence-corrected chi connectivity index (χ1v) is 6.09. The molecule has 24 heavy (non-hydrogen) atoms. The van der Waals surface area contributed by atoms with Crippen molar-refractivity contribution in [1.82, 2.24) is 0 Å². The van der Waals surface area contributed by atoms with Crippen LogP contribution < -0.4 is 5.73 Å². The number of nitrogens with two attached hydrogens (primary N) is 1. The van der Waals surface area contributed by atoms with Crippen LogP contribution in [0.5, 0.6) is 0 Å². The molecule has 124 valence electrons. The van der Waals surface area contributed by atoms with Gasteiger partial charge >= 0.3 is 149 Å². The van der Waals surface area contributed by atoms with Crippen molar-refractivity contribution >= 4 is 10.3 Å². The van der Waals surface area contributed by atoms with E-state index in [1.165, 1.54) is 0 Å². The summed E-state index contributed by atoms with van der Waals surface area (Å²) >= 11 is 2.82. The third-order valence-electron chi connectivity index (χ3n) is 1.67. The van der Waals surface area contributed by atoms with E-state index >= 15 is 0 Å². The van der Waals surface area contributed by atoms with Crippen LogP contribution >= 0.6 is 0 Å². The molecule has 8 heteroatoms. The van der Waals surface area contributed by atoms with E-state index in [9.17, 15) is 0 Å². The average molecular weight is 367 g/mol. The number of rotatable bonds is 4. The van der Waals surface area contributed by atoms with Crippen LogP contribution in [-0.4, -0.2) is 11.2 Å². The minimum atomic E-state index is 0.640. The van der Waals surface area contributed by atoms with Gasteiger partial charge in [0.15, 0.2) is 0 Å². The average Bonchev–Trinajstić information content (AvgIpc) is 2.70. The summed E-state index contributed by atoms with van der Waals surface area (Å²) in [6, 6.07) is 9.80. The number of ether oxygens (including phenoxy) is 1. The second-order valence-electron chi connectivity index (χ2n) is 2.72. The molecule has 7 nitrogen and oxygen atoms in total. The Morgan fingerprint density at radius 1 is 0.958 bits per heavy atom. The van der Waals surface area contributed by atoms with E-state index < -0.39 is 0 Å². The number of benzene rings is 1. The summed E-state index contributed by atoms with van der Waals surface area (Å²) in [7, 11) is 0. The standard InChI is InChI=1S/C11H13NO.5CO.Cr/c1-2-13-9-8-11(12)10-6-4-3-5-7-10;5*1-2;/h3-8H,2,12H2,1H3;;;;;;/b11-8-;;;;;;. The number of hydrogen-bond donors (Lipinski definition) is 1. The first kappa shape index (κ1) is 33.4. The van der Waals surface area contributed by atoms with Gasteiger partial charge in [-0.15, -0.1) is 0 Å². The quantitative estimate of drug-likeness (QED) is 0.638. The topological polar surface area (TPSA) is 135 Å². The maximum absolute atomic E-state index is 7.50. The summed E-state index contributed by atoms with van der Waals surface area (Å²) in [6.07, 6.45) is 1.79. The van der Waals surface area contributed by atoms with Gasteiger partial charge < -0.3 is 0 Å². The molecule has 0 spiro atoms. The van der Waals surface area contributed by atoms with E-state index in [1.807, 2.05) is 37.3 Å². The van der Waals surface area contributed by atoms with Crippen molar-refractivity contribution in [3.63, 3.8) is 0 Å². The molecule has 0 saturated heterocycles. The fraction of sp³-hybridized carbons (Fsp3) is 0.125. The van der Waals surface area contributed by atoms with Gasteiger partial charge in [-0.1, -0.05) is 0 Å². The van der Waals surface area contributed by atoms with Gasteiger partial charge in [0.1, 0.15) is 0 Å². The summed E-state index contributed by atoms with van der Waals surface area (Å²) < 4.78 is 43.5. The van der Waals surface area contributed by atoms with E-state index in [-0.39, 0.29) is 0 Å². The summed E-state index contributed by atoms with van der Waals surface area (Å²) in [6.45, 7) is 25.1. The van der Waals surface area contributed by atoms with E-state index in [1.54, 1.807) is 6.08 Å². The second-order valence-corrected chi connectivity index (χ2v) is 3.35. The first-order valence-electron chi connectivity index (χ1n) is 5.45. The monoisotopic (exact) mass is 367 g/mol. The van der Waals surface area contributed by atoms with Gasteiger partial charge in [-0.05, 0) is 0 Å². The molecule has 0 bridgehead atoms. The van der Waals surface area contributed by atoms with Gasteiger partial charge in [0, 0.05) is 0 Å². The van der Waals surface area contributed by atoms with Crippen LogP contribution in [0.1, 0.15) is 12.5 Å². The van der Waals surface area contributed by atoms with Crippen LogP contribution in [0.3, 0.4) is 0 Å². The molecule has 1 aromatic rings. The van der Waals surface area contributed by atoms with Gasteiger partial charge in [-0.3, -0.25) is 0 Å². The molecule has 1 rings (SSSR count). The molecule has 0 unspecified atom stereocenters. The van der Waals surface area contributed by atoms with Gasteiger partial charge in [-0.2, -0.15) is 0 Å². The SMILES string of the molecule is CCO[C](=[Cr])/C=C(\N)c1ccccc1.[C-]#[O+].[C-]#[O+].[C-]#[O+].[C-]#[O+].[C-]#[O+]. The van der Waals surface area contributed by atoms with Crippen molar-refractivity contribution in [2.45, 2.75) is 6.92 Å². The summed E-state index contributed by atoms with van der Waals surface area (Å²) in [4.78, 5) is 0. The molecule has 0 radical (unpaired) electrons. The summed E-state index contributed by atoms with van der Waals surface area (Å²) in [5.74, 6) is 0. The van der Waals surface area contributed by atoms with E-state index in [0.29, 0.717) is 16.9 Å². The van der Waals surface area contributed by atoms with Crippen LogP contribution in [0.4, 0.5) is 0 Å². The molecule has 0 aliphatic carbocycles. The zero-order chi connectivity index (χ0) is 20.4. The predicted octanol–water partition coefficient (Wildman–Crippen LogP) is 1.51. The molecule has 0 aliphatic rings. The van der Waals surface area contributed by atoms with Crippen molar-refractivity contribution in [2.24, 2.45) is 5.73 Å². The van der Waals surface area contributed by atoms with Crippen molar-refractivity contribution in [3.05, 3.63) is 75.2 Å². The van der Waals surface area contributed by atoms with Gasteiger partial charge in [0.25, 0.3) is 0 Å².